The van der Waals surface area contributed by atoms with E-state index in [1.807, 2.05) is 18.2 Å². The molecule has 10 heteroatoms. The van der Waals surface area contributed by atoms with Crippen LogP contribution in [0.25, 0.3) is 0 Å². The van der Waals surface area contributed by atoms with Crippen LogP contribution in [0.5, 0.6) is 17.2 Å². The maximum atomic E-state index is 12.9. The number of benzene rings is 2. The van der Waals surface area contributed by atoms with Gasteiger partial charge in [0.1, 0.15) is 23.4 Å². The van der Waals surface area contributed by atoms with Gasteiger partial charge >= 0.3 is 12.1 Å². The van der Waals surface area contributed by atoms with Crippen LogP contribution in [0.15, 0.2) is 42.5 Å². The highest BCUT2D eigenvalue weighted by atomic mass is 32.2. The lowest BCUT2D eigenvalue weighted by atomic mass is 9.83. The number of rotatable bonds is 15. The number of ether oxygens (including phenoxy) is 1. The van der Waals surface area contributed by atoms with Gasteiger partial charge in [0.15, 0.2) is 0 Å². The number of aromatic hydroxyl groups is 2. The molecular formula is C29H37F5O4S. The van der Waals surface area contributed by atoms with Crippen LogP contribution < -0.4 is 4.74 Å². The van der Waals surface area contributed by atoms with E-state index in [9.17, 15) is 36.4 Å². The molecule has 2 aromatic rings. The highest BCUT2D eigenvalue weighted by Gasteiger charge is 2.56. The number of phenolic OH excluding ortho intramolecular Hbond substituents is 2. The van der Waals surface area contributed by atoms with Crippen molar-refractivity contribution in [3.63, 3.8) is 0 Å². The molecule has 2 N–H and O–H groups in total. The molecule has 0 amide bonds. The first kappa shape index (κ1) is 31.2. The molecule has 218 valence electrons. The summed E-state index contributed by atoms with van der Waals surface area (Å²) in [7, 11) is -1.38. The highest BCUT2D eigenvalue weighted by molar-refractivity contribution is 7.84. The van der Waals surface area contributed by atoms with E-state index in [1.165, 1.54) is 0 Å². The Morgan fingerprint density at radius 3 is 2.05 bits per heavy atom. The molecular weight excluding hydrogens is 539 g/mol. The van der Waals surface area contributed by atoms with Gasteiger partial charge in [-0.25, -0.2) is 0 Å². The van der Waals surface area contributed by atoms with E-state index in [-0.39, 0.29) is 29.3 Å². The van der Waals surface area contributed by atoms with Gasteiger partial charge in [0.2, 0.25) is 0 Å². The molecule has 0 saturated heterocycles. The lowest BCUT2D eigenvalue weighted by Crippen LogP contribution is -2.36. The molecule has 39 heavy (non-hydrogen) atoms. The van der Waals surface area contributed by atoms with Gasteiger partial charge in [-0.3, -0.25) is 4.21 Å². The normalized spacial score (nSPS) is 18.4. The Morgan fingerprint density at radius 1 is 0.795 bits per heavy atom. The van der Waals surface area contributed by atoms with Crippen LogP contribution in [0, 0.1) is 0 Å². The summed E-state index contributed by atoms with van der Waals surface area (Å²) in [6, 6.07) is 12.4. The highest BCUT2D eigenvalue weighted by Crippen LogP contribution is 2.40. The molecule has 4 nitrogen and oxygen atoms in total. The standard InChI is InChI=1S/C29H37F5O4S/c30-28(31,29(32,33)34)16-8-18-39(37)17-7-5-3-1-2-4-6-9-26-25(21-10-13-23(35)14-11-21)19-22-12-15-24(36)20-27(22)38-26/h10-15,20,25-26,35-36H,1-9,16-19H2. The first-order valence-electron chi connectivity index (χ1n) is 13.5. The van der Waals surface area contributed by atoms with Crippen molar-refractivity contribution in [1.29, 1.82) is 0 Å². The average Bonchev–Trinajstić information content (AvgIpc) is 2.87. The van der Waals surface area contributed by atoms with Gasteiger partial charge in [-0.1, -0.05) is 50.3 Å². The van der Waals surface area contributed by atoms with Crippen LogP contribution in [-0.4, -0.2) is 44.1 Å². The molecule has 0 fully saturated rings. The first-order chi connectivity index (χ1) is 18.5. The number of unbranched alkanes of at least 4 members (excludes halogenated alkanes) is 6. The van der Waals surface area contributed by atoms with E-state index in [0.29, 0.717) is 17.9 Å². The number of hydrogen-bond acceptors (Lipinski definition) is 4. The third-order valence-electron chi connectivity index (χ3n) is 7.18. The van der Waals surface area contributed by atoms with E-state index in [0.717, 1.165) is 62.5 Å². The molecule has 0 spiro atoms. The van der Waals surface area contributed by atoms with Gasteiger partial charge in [-0.05, 0) is 61.4 Å². The third-order valence-corrected chi connectivity index (χ3v) is 8.67. The van der Waals surface area contributed by atoms with Crippen LogP contribution in [0.3, 0.4) is 0 Å². The van der Waals surface area contributed by atoms with Crippen LogP contribution >= 0.6 is 0 Å². The van der Waals surface area contributed by atoms with Crippen LogP contribution in [0.1, 0.15) is 81.3 Å². The molecule has 1 heterocycles. The minimum Gasteiger partial charge on any atom is -0.508 e. The van der Waals surface area contributed by atoms with Crippen molar-refractivity contribution < 1.29 is 41.1 Å². The molecule has 3 atom stereocenters. The van der Waals surface area contributed by atoms with Crippen molar-refractivity contribution in [3.05, 3.63) is 53.6 Å². The van der Waals surface area contributed by atoms with Crippen LogP contribution in [-0.2, 0) is 17.2 Å². The summed E-state index contributed by atoms with van der Waals surface area (Å²) >= 11 is 0. The van der Waals surface area contributed by atoms with Crippen molar-refractivity contribution in [1.82, 2.24) is 0 Å². The lowest BCUT2D eigenvalue weighted by Gasteiger charge is -2.34. The maximum Gasteiger partial charge on any atom is 0.453 e. The smallest absolute Gasteiger partial charge is 0.453 e. The zero-order valence-corrected chi connectivity index (χ0v) is 22.7. The van der Waals surface area contributed by atoms with Crippen LogP contribution in [0.2, 0.25) is 0 Å². The topological polar surface area (TPSA) is 66.8 Å². The third kappa shape index (κ3) is 9.65. The summed E-state index contributed by atoms with van der Waals surface area (Å²) in [6.45, 7) is 0. The molecule has 1 aliphatic rings. The fourth-order valence-electron chi connectivity index (χ4n) is 4.94. The van der Waals surface area contributed by atoms with Crippen molar-refractivity contribution >= 4 is 10.8 Å². The first-order valence-corrected chi connectivity index (χ1v) is 15.0. The Morgan fingerprint density at radius 2 is 1.38 bits per heavy atom. The molecule has 0 radical (unpaired) electrons. The van der Waals surface area contributed by atoms with Crippen molar-refractivity contribution in [2.75, 3.05) is 11.5 Å². The van der Waals surface area contributed by atoms with E-state index >= 15 is 0 Å². The number of alkyl halides is 5. The molecule has 2 aromatic carbocycles. The zero-order valence-electron chi connectivity index (χ0n) is 21.9. The van der Waals surface area contributed by atoms with E-state index in [1.54, 1.807) is 24.3 Å². The summed E-state index contributed by atoms with van der Waals surface area (Å²) in [5.41, 5.74) is 2.14. The Labute approximate surface area is 229 Å². The minimum absolute atomic E-state index is 0.0464. The summed E-state index contributed by atoms with van der Waals surface area (Å²) in [5.74, 6) is -3.29. The Bertz CT molecular complexity index is 1060. The van der Waals surface area contributed by atoms with E-state index in [2.05, 4.69) is 0 Å². The predicted molar refractivity (Wildman–Crippen MR) is 142 cm³/mol. The summed E-state index contributed by atoms with van der Waals surface area (Å²) in [5, 5.41) is 19.5. The minimum atomic E-state index is -5.55. The van der Waals surface area contributed by atoms with Gasteiger partial charge in [0.05, 0.1) is 0 Å². The summed E-state index contributed by atoms with van der Waals surface area (Å²) in [4.78, 5) is 0. The number of hydrogen-bond donors (Lipinski definition) is 2. The zero-order chi connectivity index (χ0) is 28.5. The molecule has 0 saturated carbocycles. The molecule has 3 rings (SSSR count). The van der Waals surface area contributed by atoms with Gasteiger partial charge in [0.25, 0.3) is 0 Å². The van der Waals surface area contributed by atoms with Gasteiger partial charge < -0.3 is 14.9 Å². The number of phenols is 2. The monoisotopic (exact) mass is 576 g/mol. The quantitative estimate of drug-likeness (QED) is 0.166. The second-order valence-corrected chi connectivity index (χ2v) is 12.0. The average molecular weight is 577 g/mol. The van der Waals surface area contributed by atoms with Gasteiger partial charge in [0, 0.05) is 40.7 Å². The summed E-state index contributed by atoms with van der Waals surface area (Å²) < 4.78 is 80.5. The predicted octanol–water partition coefficient (Wildman–Crippen LogP) is 8.03. The van der Waals surface area contributed by atoms with Crippen molar-refractivity contribution in [2.45, 2.75) is 94.7 Å². The fourth-order valence-corrected chi connectivity index (χ4v) is 6.14. The Hall–Kier alpha value is -2.36. The van der Waals surface area contributed by atoms with Gasteiger partial charge in [-0.2, -0.15) is 22.0 Å². The SMILES string of the molecule is O=S(CCCCCCCCCC1Oc2cc(O)ccc2CC1c1ccc(O)cc1)CCCC(F)(F)C(F)(F)F. The molecule has 0 aliphatic carbocycles. The molecule has 1 aliphatic heterocycles. The van der Waals surface area contributed by atoms with Crippen molar-refractivity contribution in [2.24, 2.45) is 0 Å². The fraction of sp³-hybridized carbons (Fsp3) is 0.586. The van der Waals surface area contributed by atoms with E-state index < -0.39 is 35.7 Å². The summed E-state index contributed by atoms with van der Waals surface area (Å²) in [6.07, 6.45) is 0.806. The molecule has 3 unspecified atom stereocenters. The number of halogens is 5. The van der Waals surface area contributed by atoms with Crippen LogP contribution in [0.4, 0.5) is 22.0 Å². The maximum absolute atomic E-state index is 12.9. The van der Waals surface area contributed by atoms with Gasteiger partial charge in [-0.15, -0.1) is 0 Å². The largest absolute Gasteiger partial charge is 0.508 e. The second kappa shape index (κ2) is 14.3. The van der Waals surface area contributed by atoms with E-state index in [4.69, 9.17) is 4.74 Å². The second-order valence-electron chi connectivity index (χ2n) is 10.3. The Balaban J connectivity index is 1.32. The Kier molecular flexibility index (Phi) is 11.4. The lowest BCUT2D eigenvalue weighted by molar-refractivity contribution is -0.284. The molecule has 0 bridgehead atoms. The molecule has 0 aromatic heterocycles. The van der Waals surface area contributed by atoms with Crippen molar-refractivity contribution in [3.8, 4) is 17.2 Å². The number of fused-ring (bicyclic) bond motifs is 1.